The fourth-order valence-corrected chi connectivity index (χ4v) is 3.28. The first-order valence-electron chi connectivity index (χ1n) is 11.1. The Morgan fingerprint density at radius 3 is 1.83 bits per heavy atom. The number of hydrogen-bond donors (Lipinski definition) is 0. The van der Waals surface area contributed by atoms with Crippen molar-refractivity contribution in [3.05, 3.63) is 64.8 Å². The van der Waals surface area contributed by atoms with Gasteiger partial charge in [0.15, 0.2) is 11.5 Å². The summed E-state index contributed by atoms with van der Waals surface area (Å²) in [6.07, 6.45) is 13.8. The van der Waals surface area contributed by atoms with Gasteiger partial charge in [0.1, 0.15) is 0 Å². The van der Waals surface area contributed by atoms with Crippen molar-refractivity contribution in [2.24, 2.45) is 0 Å². The molecule has 3 nitrogen and oxygen atoms in total. The number of fused-ring (bicyclic) bond motifs is 1. The van der Waals surface area contributed by atoms with E-state index in [0.29, 0.717) is 6.79 Å². The monoisotopic (exact) mass is 409 g/mol. The quantitative estimate of drug-likeness (QED) is 0.351. The molecule has 0 N–H and O–H groups in total. The average molecular weight is 410 g/mol. The van der Waals surface area contributed by atoms with Crippen LogP contribution in [0.1, 0.15) is 67.2 Å². The molecule has 0 saturated carbocycles. The molecule has 1 aromatic rings. The minimum absolute atomic E-state index is 0.311. The van der Waals surface area contributed by atoms with Crippen molar-refractivity contribution in [2.75, 3.05) is 24.8 Å². The average Bonchev–Trinajstić information content (AvgIpc) is 3.15. The van der Waals surface area contributed by atoms with Gasteiger partial charge in [-0.05, 0) is 79.4 Å². The number of hydrogen-bond acceptors (Lipinski definition) is 3. The fourth-order valence-electron chi connectivity index (χ4n) is 3.28. The van der Waals surface area contributed by atoms with Crippen LogP contribution in [0.3, 0.4) is 0 Å². The van der Waals surface area contributed by atoms with E-state index in [4.69, 9.17) is 9.47 Å². The molecule has 0 saturated heterocycles. The first-order chi connectivity index (χ1) is 14.3. The molecule has 3 heteroatoms. The van der Waals surface area contributed by atoms with E-state index in [1.54, 1.807) is 0 Å². The molecule has 0 spiro atoms. The third kappa shape index (κ3) is 8.52. The molecule has 0 radical (unpaired) electrons. The summed E-state index contributed by atoms with van der Waals surface area (Å²) in [4.78, 5) is 2.40. The Hall–Kier alpha value is -2.42. The Morgan fingerprint density at radius 2 is 1.30 bits per heavy atom. The molecule has 0 bridgehead atoms. The third-order valence-corrected chi connectivity index (χ3v) is 5.22. The normalized spacial score (nSPS) is 13.3. The number of benzene rings is 1. The molecule has 1 aliphatic rings. The predicted octanol–water partition coefficient (Wildman–Crippen LogP) is 7.61. The zero-order valence-electron chi connectivity index (χ0n) is 19.8. The Balaban J connectivity index is 2.08. The van der Waals surface area contributed by atoms with E-state index in [1.807, 2.05) is 6.07 Å². The maximum atomic E-state index is 5.60. The van der Waals surface area contributed by atoms with Crippen molar-refractivity contribution in [1.82, 2.24) is 0 Å². The lowest BCUT2D eigenvalue weighted by Crippen LogP contribution is -2.23. The van der Waals surface area contributed by atoms with Crippen LogP contribution in [0, 0.1) is 0 Å². The van der Waals surface area contributed by atoms with Gasteiger partial charge in [0.05, 0.1) is 0 Å². The van der Waals surface area contributed by atoms with Crippen molar-refractivity contribution in [3.63, 3.8) is 0 Å². The summed E-state index contributed by atoms with van der Waals surface area (Å²) in [5, 5.41) is 0. The first kappa shape index (κ1) is 23.9. The molecule has 0 aliphatic carbocycles. The Morgan fingerprint density at radius 1 is 0.767 bits per heavy atom. The van der Waals surface area contributed by atoms with Gasteiger partial charge in [-0.15, -0.1) is 0 Å². The van der Waals surface area contributed by atoms with Gasteiger partial charge in [-0.3, -0.25) is 0 Å². The maximum Gasteiger partial charge on any atom is 0.231 e. The summed E-state index contributed by atoms with van der Waals surface area (Å²) in [6.45, 7) is 15.2. The molecule has 0 unspecified atom stereocenters. The van der Waals surface area contributed by atoms with Crippen LogP contribution >= 0.6 is 0 Å². The van der Waals surface area contributed by atoms with E-state index < -0.39 is 0 Å². The molecule has 0 amide bonds. The van der Waals surface area contributed by atoms with E-state index in [-0.39, 0.29) is 0 Å². The smallest absolute Gasteiger partial charge is 0.231 e. The Labute approximate surface area is 183 Å². The van der Waals surface area contributed by atoms with Crippen LogP contribution in [-0.2, 0) is 0 Å². The molecule has 0 fully saturated rings. The van der Waals surface area contributed by atoms with E-state index >= 15 is 0 Å². The molecule has 1 aliphatic heterocycles. The summed E-state index contributed by atoms with van der Waals surface area (Å²) >= 11 is 0. The second-order valence-corrected chi connectivity index (χ2v) is 8.68. The summed E-state index contributed by atoms with van der Waals surface area (Å²) in [6, 6.07) is 6.24. The van der Waals surface area contributed by atoms with Crippen LogP contribution in [-0.4, -0.2) is 19.9 Å². The van der Waals surface area contributed by atoms with E-state index in [0.717, 1.165) is 50.3 Å². The van der Waals surface area contributed by atoms with Gasteiger partial charge in [-0.25, -0.2) is 0 Å². The third-order valence-electron chi connectivity index (χ3n) is 5.22. The van der Waals surface area contributed by atoms with Gasteiger partial charge in [-0.1, -0.05) is 46.6 Å². The molecule has 2 rings (SSSR count). The second-order valence-electron chi connectivity index (χ2n) is 8.68. The van der Waals surface area contributed by atoms with E-state index in [1.165, 1.54) is 28.0 Å². The maximum absolute atomic E-state index is 5.60. The molecule has 1 heterocycles. The Bertz CT molecular complexity index is 766. The Kier molecular flexibility index (Phi) is 9.79. The van der Waals surface area contributed by atoms with Crippen molar-refractivity contribution in [3.8, 4) is 11.5 Å². The number of allylic oxidation sites excluding steroid dienone is 6. The lowest BCUT2D eigenvalue weighted by atomic mass is 10.1. The first-order valence-corrected chi connectivity index (χ1v) is 11.1. The zero-order valence-corrected chi connectivity index (χ0v) is 19.8. The van der Waals surface area contributed by atoms with Gasteiger partial charge in [0, 0.05) is 24.8 Å². The minimum Gasteiger partial charge on any atom is -0.454 e. The van der Waals surface area contributed by atoms with Crippen molar-refractivity contribution >= 4 is 5.69 Å². The van der Waals surface area contributed by atoms with E-state index in [9.17, 15) is 0 Å². The highest BCUT2D eigenvalue weighted by atomic mass is 16.7. The lowest BCUT2D eigenvalue weighted by Gasteiger charge is -2.23. The van der Waals surface area contributed by atoms with Gasteiger partial charge in [-0.2, -0.15) is 0 Å². The van der Waals surface area contributed by atoms with Crippen molar-refractivity contribution in [1.29, 1.82) is 0 Å². The van der Waals surface area contributed by atoms with Gasteiger partial charge in [0.25, 0.3) is 0 Å². The predicted molar refractivity (Wildman–Crippen MR) is 130 cm³/mol. The van der Waals surface area contributed by atoms with Gasteiger partial charge in [0.2, 0.25) is 6.79 Å². The number of ether oxygens (including phenoxy) is 2. The summed E-state index contributed by atoms with van der Waals surface area (Å²) in [5.41, 5.74) is 6.81. The molecule has 164 valence electrons. The molecule has 1 aromatic carbocycles. The highest BCUT2D eigenvalue weighted by Crippen LogP contribution is 2.35. The summed E-state index contributed by atoms with van der Waals surface area (Å²) in [7, 11) is 0. The van der Waals surface area contributed by atoms with Crippen molar-refractivity contribution < 1.29 is 9.47 Å². The van der Waals surface area contributed by atoms with Gasteiger partial charge >= 0.3 is 0 Å². The van der Waals surface area contributed by atoms with Crippen LogP contribution in [0.4, 0.5) is 5.69 Å². The molecule has 30 heavy (non-hydrogen) atoms. The summed E-state index contributed by atoms with van der Waals surface area (Å²) < 4.78 is 11.1. The SMILES string of the molecule is CC(C)=CCC/C(C)=C\CN(C/C=C(\C)CCC=C(C)C)c1ccc2c(c1)OCO2. The molecular formula is C27H39NO2. The van der Waals surface area contributed by atoms with Crippen LogP contribution in [0.2, 0.25) is 0 Å². The highest BCUT2D eigenvalue weighted by molar-refractivity contribution is 5.58. The van der Waals surface area contributed by atoms with Crippen molar-refractivity contribution in [2.45, 2.75) is 67.2 Å². The van der Waals surface area contributed by atoms with Gasteiger partial charge < -0.3 is 14.4 Å². The minimum atomic E-state index is 0.311. The number of nitrogens with zero attached hydrogens (tertiary/aromatic N) is 1. The molecule has 0 aromatic heterocycles. The van der Waals surface area contributed by atoms with Crippen LogP contribution in [0.15, 0.2) is 64.8 Å². The van der Waals surface area contributed by atoms with Crippen LogP contribution in [0.25, 0.3) is 0 Å². The lowest BCUT2D eigenvalue weighted by molar-refractivity contribution is 0.174. The zero-order chi connectivity index (χ0) is 21.9. The number of anilines is 1. The summed E-state index contributed by atoms with van der Waals surface area (Å²) in [5.74, 6) is 1.67. The van der Waals surface area contributed by atoms with E-state index in [2.05, 4.69) is 82.9 Å². The van der Waals surface area contributed by atoms with Crippen LogP contribution in [0.5, 0.6) is 11.5 Å². The fraction of sp³-hybridized carbons (Fsp3) is 0.481. The second kappa shape index (κ2) is 12.3. The topological polar surface area (TPSA) is 21.7 Å². The largest absolute Gasteiger partial charge is 0.454 e. The highest BCUT2D eigenvalue weighted by Gasteiger charge is 2.15. The standard InChI is InChI=1S/C27H39NO2/c1-21(2)9-7-11-23(5)15-17-28(18-16-24(6)12-8-10-22(3)4)25-13-14-26-27(19-25)30-20-29-26/h9-10,13-16,19H,7-8,11-12,17-18,20H2,1-6H3/b23-15-,24-16+. The number of rotatable bonds is 11. The van der Waals surface area contributed by atoms with Crippen LogP contribution < -0.4 is 14.4 Å². The molecule has 0 atom stereocenters. The molecular weight excluding hydrogens is 370 g/mol.